The first-order valence-corrected chi connectivity index (χ1v) is 4.32. The van der Waals surface area contributed by atoms with E-state index in [0.717, 1.165) is 5.69 Å². The number of fused-ring (bicyclic) bond motifs is 1. The van der Waals surface area contributed by atoms with Gasteiger partial charge in [-0.1, -0.05) is 0 Å². The predicted molar refractivity (Wildman–Crippen MR) is 39.4 cm³/mol. The molecule has 0 saturated carbocycles. The largest absolute Gasteiger partial charge is 0.610 e. The van der Waals surface area contributed by atoms with Crippen LogP contribution in [-0.4, -0.2) is 14.3 Å². The third-order valence-corrected chi connectivity index (χ3v) is 2.33. The van der Waals surface area contributed by atoms with Crippen molar-refractivity contribution in [3.8, 4) is 0 Å². The summed E-state index contributed by atoms with van der Waals surface area (Å²) in [4.78, 5) is 0. The van der Waals surface area contributed by atoms with E-state index < -0.39 is 11.2 Å². The van der Waals surface area contributed by atoms with Gasteiger partial charge < -0.3 is 4.55 Å². The summed E-state index contributed by atoms with van der Waals surface area (Å²) in [5, 5.41) is 5.67. The molecule has 1 unspecified atom stereocenters. The van der Waals surface area contributed by atoms with Crippen LogP contribution >= 0.6 is 0 Å². The van der Waals surface area contributed by atoms with E-state index in [1.54, 1.807) is 16.3 Å². The van der Waals surface area contributed by atoms with Crippen LogP contribution in [0.1, 0.15) is 5.69 Å². The van der Waals surface area contributed by atoms with Crippen molar-refractivity contribution < 1.29 is 4.55 Å². The van der Waals surface area contributed by atoms with Gasteiger partial charge in [-0.25, -0.2) is 4.68 Å². The molecular formula is C6H6N2OS. The molecule has 3 nitrogen and oxygen atoms in total. The molecule has 0 spiro atoms. The lowest BCUT2D eigenvalue weighted by Gasteiger charge is -2.10. The Balaban J connectivity index is 2.43. The summed E-state index contributed by atoms with van der Waals surface area (Å²) in [7, 11) is 0. The van der Waals surface area contributed by atoms with Gasteiger partial charge in [0.2, 0.25) is 5.88 Å². The van der Waals surface area contributed by atoms with E-state index in [1.807, 2.05) is 12.1 Å². The Morgan fingerprint density at radius 2 is 2.60 bits per heavy atom. The Bertz CT molecular complexity index is 268. The van der Waals surface area contributed by atoms with Crippen molar-refractivity contribution in [1.82, 2.24) is 9.78 Å². The van der Waals surface area contributed by atoms with Gasteiger partial charge in [-0.05, 0) is 6.07 Å². The lowest BCUT2D eigenvalue weighted by Crippen LogP contribution is -2.14. The summed E-state index contributed by atoms with van der Waals surface area (Å²) in [6.45, 7) is 0. The maximum atomic E-state index is 10.9. The van der Waals surface area contributed by atoms with Gasteiger partial charge >= 0.3 is 0 Å². The van der Waals surface area contributed by atoms with E-state index in [-0.39, 0.29) is 0 Å². The molecule has 1 aliphatic rings. The highest BCUT2D eigenvalue weighted by Crippen LogP contribution is 2.12. The molecule has 0 radical (unpaired) electrons. The monoisotopic (exact) mass is 154 g/mol. The first-order chi connectivity index (χ1) is 4.86. The molecule has 0 N–H and O–H groups in total. The third-order valence-electron chi connectivity index (χ3n) is 1.39. The number of hydrogen-bond acceptors (Lipinski definition) is 2. The minimum Gasteiger partial charge on any atom is -0.610 e. The lowest BCUT2D eigenvalue weighted by molar-refractivity contribution is 0.581. The van der Waals surface area contributed by atoms with E-state index in [1.165, 1.54) is 0 Å². The van der Waals surface area contributed by atoms with Crippen molar-refractivity contribution >= 4 is 17.3 Å². The van der Waals surface area contributed by atoms with Gasteiger partial charge in [0.1, 0.15) is 5.41 Å². The number of rotatable bonds is 0. The standard InChI is InChI=1S/C6H6N2OS/c9-10-4-2-6-1-3-7-8(6)5-10/h1-4H,5H2. The molecule has 2 rings (SSSR count). The Morgan fingerprint density at radius 3 is 3.50 bits per heavy atom. The summed E-state index contributed by atoms with van der Waals surface area (Å²) >= 11 is -0.860. The van der Waals surface area contributed by atoms with Crippen LogP contribution in [0.5, 0.6) is 0 Å². The van der Waals surface area contributed by atoms with Crippen LogP contribution in [0.2, 0.25) is 0 Å². The third kappa shape index (κ3) is 0.853. The average Bonchev–Trinajstić information content (AvgIpc) is 2.33. The lowest BCUT2D eigenvalue weighted by atomic mass is 10.4. The molecule has 0 aromatic carbocycles. The molecule has 1 aliphatic heterocycles. The van der Waals surface area contributed by atoms with E-state index in [9.17, 15) is 4.55 Å². The van der Waals surface area contributed by atoms with Crippen LogP contribution < -0.4 is 0 Å². The highest BCUT2D eigenvalue weighted by molar-refractivity contribution is 7.93. The minimum absolute atomic E-state index is 0.499. The molecule has 1 aromatic rings. The molecule has 52 valence electrons. The molecule has 0 amide bonds. The topological polar surface area (TPSA) is 40.9 Å². The zero-order valence-corrected chi connectivity index (χ0v) is 6.04. The second-order valence-electron chi connectivity index (χ2n) is 2.07. The quantitative estimate of drug-likeness (QED) is 0.513. The minimum atomic E-state index is -0.860. The summed E-state index contributed by atoms with van der Waals surface area (Å²) < 4.78 is 12.6. The van der Waals surface area contributed by atoms with Crippen LogP contribution in [0.4, 0.5) is 0 Å². The summed E-state index contributed by atoms with van der Waals surface area (Å²) in [6, 6.07) is 1.90. The maximum Gasteiger partial charge on any atom is 0.202 e. The average molecular weight is 154 g/mol. The van der Waals surface area contributed by atoms with Crippen LogP contribution in [0.3, 0.4) is 0 Å². The summed E-state index contributed by atoms with van der Waals surface area (Å²) in [6.07, 6.45) is 3.54. The van der Waals surface area contributed by atoms with Gasteiger partial charge in [-0.15, -0.1) is 0 Å². The molecular weight excluding hydrogens is 148 g/mol. The number of hydrogen-bond donors (Lipinski definition) is 0. The Hall–Kier alpha value is -0.740. The van der Waals surface area contributed by atoms with Gasteiger partial charge in [0, 0.05) is 23.4 Å². The number of aromatic nitrogens is 2. The van der Waals surface area contributed by atoms with E-state index in [0.29, 0.717) is 5.88 Å². The first kappa shape index (κ1) is 6.00. The molecule has 1 atom stereocenters. The van der Waals surface area contributed by atoms with E-state index >= 15 is 0 Å². The molecule has 0 saturated heterocycles. The van der Waals surface area contributed by atoms with E-state index in [2.05, 4.69) is 5.10 Å². The van der Waals surface area contributed by atoms with Crippen LogP contribution in [0, 0.1) is 0 Å². The van der Waals surface area contributed by atoms with Crippen LogP contribution in [-0.2, 0) is 17.1 Å². The summed E-state index contributed by atoms with van der Waals surface area (Å²) in [5.74, 6) is 0.499. The predicted octanol–water partition coefficient (Wildman–Crippen LogP) is 0.574. The fourth-order valence-electron chi connectivity index (χ4n) is 0.902. The van der Waals surface area contributed by atoms with Gasteiger partial charge in [0.25, 0.3) is 0 Å². The summed E-state index contributed by atoms with van der Waals surface area (Å²) in [5.41, 5.74) is 1.03. The second kappa shape index (κ2) is 2.14. The van der Waals surface area contributed by atoms with Crippen molar-refractivity contribution in [2.75, 3.05) is 0 Å². The smallest absolute Gasteiger partial charge is 0.202 e. The van der Waals surface area contributed by atoms with Crippen molar-refractivity contribution in [2.24, 2.45) is 0 Å². The van der Waals surface area contributed by atoms with Crippen molar-refractivity contribution in [1.29, 1.82) is 0 Å². The van der Waals surface area contributed by atoms with Crippen molar-refractivity contribution in [2.45, 2.75) is 5.88 Å². The van der Waals surface area contributed by atoms with Gasteiger partial charge in [-0.3, -0.25) is 0 Å². The molecule has 4 heteroatoms. The molecule has 1 aromatic heterocycles. The zero-order chi connectivity index (χ0) is 6.97. The normalized spacial score (nSPS) is 22.7. The first-order valence-electron chi connectivity index (χ1n) is 2.93. The van der Waals surface area contributed by atoms with E-state index in [4.69, 9.17) is 0 Å². The highest BCUT2D eigenvalue weighted by Gasteiger charge is 2.11. The number of nitrogens with zero attached hydrogens (tertiary/aromatic N) is 2. The highest BCUT2D eigenvalue weighted by atomic mass is 32.2. The zero-order valence-electron chi connectivity index (χ0n) is 5.23. The van der Waals surface area contributed by atoms with Gasteiger partial charge in [0.05, 0.1) is 5.69 Å². The van der Waals surface area contributed by atoms with Crippen molar-refractivity contribution in [3.63, 3.8) is 0 Å². The van der Waals surface area contributed by atoms with Gasteiger partial charge in [0.15, 0.2) is 0 Å². The molecule has 0 bridgehead atoms. The Kier molecular flexibility index (Phi) is 1.28. The fraction of sp³-hybridized carbons (Fsp3) is 0.167. The van der Waals surface area contributed by atoms with Crippen LogP contribution in [0.15, 0.2) is 17.7 Å². The second-order valence-corrected chi connectivity index (χ2v) is 3.36. The van der Waals surface area contributed by atoms with Crippen LogP contribution in [0.25, 0.3) is 6.08 Å². The Morgan fingerprint density at radius 1 is 1.70 bits per heavy atom. The molecule has 2 heterocycles. The SMILES string of the molecule is [O-][S+]1C=Cc2ccnn2C1. The molecule has 0 aliphatic carbocycles. The molecule has 0 fully saturated rings. The molecule has 10 heavy (non-hydrogen) atoms. The fourth-order valence-corrected chi connectivity index (χ4v) is 1.74. The Labute approximate surface area is 61.5 Å². The van der Waals surface area contributed by atoms with Crippen molar-refractivity contribution in [3.05, 3.63) is 23.4 Å². The maximum absolute atomic E-state index is 10.9. The van der Waals surface area contributed by atoms with Gasteiger partial charge in [-0.2, -0.15) is 5.10 Å².